The van der Waals surface area contributed by atoms with Crippen molar-refractivity contribution >= 4 is 5.91 Å². The Balaban J connectivity index is 1.42. The van der Waals surface area contributed by atoms with Gasteiger partial charge in [-0.1, -0.05) is 6.07 Å². The molecule has 7 heteroatoms. The van der Waals surface area contributed by atoms with Crippen molar-refractivity contribution < 1.29 is 18.3 Å². The number of hydrogen-bond donors (Lipinski definition) is 1. The Morgan fingerprint density at radius 2 is 2.10 bits per heavy atom. The van der Waals surface area contributed by atoms with Gasteiger partial charge >= 0.3 is 0 Å². The lowest BCUT2D eigenvalue weighted by molar-refractivity contribution is -0.120. The molecule has 0 radical (unpaired) electrons. The van der Waals surface area contributed by atoms with Gasteiger partial charge in [0.05, 0.1) is 24.9 Å². The predicted octanol–water partition coefficient (Wildman–Crippen LogP) is 3.39. The zero-order valence-corrected chi connectivity index (χ0v) is 15.8. The predicted molar refractivity (Wildman–Crippen MR) is 103 cm³/mol. The van der Waals surface area contributed by atoms with Crippen molar-refractivity contribution in [3.8, 4) is 17.0 Å². The molecular formula is C22H19F2N3O2. The van der Waals surface area contributed by atoms with Crippen LogP contribution in [-0.4, -0.2) is 28.5 Å². The van der Waals surface area contributed by atoms with Gasteiger partial charge in [0.15, 0.2) is 0 Å². The second-order valence-electron chi connectivity index (χ2n) is 7.05. The van der Waals surface area contributed by atoms with Crippen LogP contribution in [0.1, 0.15) is 16.7 Å². The zero-order valence-electron chi connectivity index (χ0n) is 15.8. The maximum atomic E-state index is 13.7. The molecule has 4 rings (SSSR count). The van der Waals surface area contributed by atoms with Gasteiger partial charge in [0, 0.05) is 29.9 Å². The average molecular weight is 395 g/mol. The van der Waals surface area contributed by atoms with E-state index in [-0.39, 0.29) is 30.5 Å². The van der Waals surface area contributed by atoms with E-state index in [0.29, 0.717) is 6.42 Å². The van der Waals surface area contributed by atoms with Gasteiger partial charge in [-0.25, -0.2) is 8.78 Å². The van der Waals surface area contributed by atoms with Gasteiger partial charge in [0.25, 0.3) is 0 Å². The van der Waals surface area contributed by atoms with Gasteiger partial charge in [-0.15, -0.1) is 0 Å². The van der Waals surface area contributed by atoms with E-state index in [0.717, 1.165) is 46.3 Å². The summed E-state index contributed by atoms with van der Waals surface area (Å²) in [6.07, 6.45) is 5.08. The maximum Gasteiger partial charge on any atom is 0.224 e. The van der Waals surface area contributed by atoms with Crippen molar-refractivity contribution in [3.63, 3.8) is 0 Å². The van der Waals surface area contributed by atoms with Gasteiger partial charge in [0.1, 0.15) is 23.5 Å². The van der Waals surface area contributed by atoms with Crippen LogP contribution in [0.5, 0.6) is 5.75 Å². The number of aryl methyl sites for hydroxylation is 1. The Bertz CT molecular complexity index is 1060. The summed E-state index contributed by atoms with van der Waals surface area (Å²) in [4.78, 5) is 20.6. The first-order valence-corrected chi connectivity index (χ1v) is 9.27. The Labute approximate surface area is 166 Å². The number of ether oxygens (including phenoxy) is 1. The van der Waals surface area contributed by atoms with Gasteiger partial charge in [-0.3, -0.25) is 14.8 Å². The Morgan fingerprint density at radius 1 is 1.24 bits per heavy atom. The lowest BCUT2D eigenvalue weighted by Crippen LogP contribution is -2.35. The smallest absolute Gasteiger partial charge is 0.224 e. The van der Waals surface area contributed by atoms with Crippen molar-refractivity contribution in [1.29, 1.82) is 0 Å². The van der Waals surface area contributed by atoms with Crippen LogP contribution in [0.4, 0.5) is 8.78 Å². The molecule has 1 N–H and O–H groups in total. The molecule has 0 spiro atoms. The summed E-state index contributed by atoms with van der Waals surface area (Å²) in [5, 5.41) is 2.75. The number of hydrogen-bond acceptors (Lipinski definition) is 4. The molecule has 29 heavy (non-hydrogen) atoms. The first-order chi connectivity index (χ1) is 14.0. The van der Waals surface area contributed by atoms with E-state index < -0.39 is 11.6 Å². The normalized spacial score (nSPS) is 14.9. The third kappa shape index (κ3) is 4.23. The number of carbonyl (C=O) groups excluding carboxylic acids is 1. The highest BCUT2D eigenvalue weighted by molar-refractivity contribution is 5.78. The van der Waals surface area contributed by atoms with Crippen LogP contribution in [0, 0.1) is 18.6 Å². The molecule has 2 aromatic carbocycles. The van der Waals surface area contributed by atoms with E-state index in [1.54, 1.807) is 18.6 Å². The monoisotopic (exact) mass is 395 g/mol. The summed E-state index contributed by atoms with van der Waals surface area (Å²) in [6, 6.07) is 7.13. The largest absolute Gasteiger partial charge is 0.487 e. The highest BCUT2D eigenvalue weighted by Gasteiger charge is 2.27. The fraction of sp³-hybridized carbons (Fsp3) is 0.227. The number of halogens is 2. The number of nitrogens with one attached hydrogen (secondary N) is 1. The molecular weight excluding hydrogens is 376 g/mol. The number of carbonyl (C=O) groups is 1. The van der Waals surface area contributed by atoms with Crippen molar-refractivity contribution in [2.45, 2.75) is 25.9 Å². The maximum absolute atomic E-state index is 13.7. The van der Waals surface area contributed by atoms with E-state index in [2.05, 4.69) is 21.4 Å². The first-order valence-electron chi connectivity index (χ1n) is 9.27. The Hall–Kier alpha value is -3.35. The van der Waals surface area contributed by atoms with Crippen LogP contribution in [0.2, 0.25) is 0 Å². The van der Waals surface area contributed by atoms with Crippen LogP contribution >= 0.6 is 0 Å². The standard InChI is InChI=1S/C22H19F2N3O2/c1-13-6-15-9-17(29-22(15)18(7-13)20-12-25-4-5-26-20)11-27-21(28)10-14-8-16(23)2-3-19(14)24/h2-8,12,17H,9-11H2,1H3,(H,27,28)/t17-/m1/s1. The first kappa shape index (κ1) is 19.0. The minimum absolute atomic E-state index is 0.0266. The van der Waals surface area contributed by atoms with Gasteiger partial charge < -0.3 is 10.1 Å². The van der Waals surface area contributed by atoms with Crippen molar-refractivity contribution in [2.24, 2.45) is 0 Å². The third-order valence-electron chi connectivity index (χ3n) is 4.77. The van der Waals surface area contributed by atoms with E-state index in [1.807, 2.05) is 13.0 Å². The molecule has 0 saturated heterocycles. The SMILES string of the molecule is Cc1cc2c(c(-c3cnccn3)c1)O[C@@H](CNC(=O)Cc1cc(F)ccc1F)C2. The minimum Gasteiger partial charge on any atom is -0.487 e. The van der Waals surface area contributed by atoms with Gasteiger partial charge in [-0.2, -0.15) is 0 Å². The molecule has 0 aliphatic carbocycles. The van der Waals surface area contributed by atoms with Crippen LogP contribution in [0.15, 0.2) is 48.9 Å². The average Bonchev–Trinajstić information content (AvgIpc) is 3.12. The second-order valence-corrected chi connectivity index (χ2v) is 7.05. The molecule has 0 fully saturated rings. The molecule has 3 aromatic rings. The molecule has 1 aliphatic heterocycles. The summed E-state index contributed by atoms with van der Waals surface area (Å²) >= 11 is 0. The molecule has 1 atom stereocenters. The van der Waals surface area contributed by atoms with E-state index >= 15 is 0 Å². The Kier molecular flexibility index (Phi) is 5.20. The number of rotatable bonds is 5. The lowest BCUT2D eigenvalue weighted by Gasteiger charge is -2.14. The van der Waals surface area contributed by atoms with Gasteiger partial charge in [-0.05, 0) is 42.3 Å². The topological polar surface area (TPSA) is 64.1 Å². The summed E-state index contributed by atoms with van der Waals surface area (Å²) in [6.45, 7) is 2.27. The van der Waals surface area contributed by atoms with Crippen LogP contribution in [0.25, 0.3) is 11.3 Å². The molecule has 148 valence electrons. The molecule has 1 aromatic heterocycles. The fourth-order valence-corrected chi connectivity index (χ4v) is 3.48. The molecule has 0 saturated carbocycles. The molecule has 1 amide bonds. The molecule has 0 bridgehead atoms. The van der Waals surface area contributed by atoms with Crippen LogP contribution < -0.4 is 10.1 Å². The highest BCUT2D eigenvalue weighted by atomic mass is 19.1. The summed E-state index contributed by atoms with van der Waals surface area (Å²) in [5.74, 6) is -0.822. The third-order valence-corrected chi connectivity index (χ3v) is 4.77. The van der Waals surface area contributed by atoms with Gasteiger partial charge in [0.2, 0.25) is 5.91 Å². The van der Waals surface area contributed by atoms with Crippen LogP contribution in [0.3, 0.4) is 0 Å². The molecule has 5 nitrogen and oxygen atoms in total. The number of amides is 1. The molecule has 1 aliphatic rings. The van der Waals surface area contributed by atoms with Crippen molar-refractivity contribution in [2.75, 3.05) is 6.54 Å². The number of nitrogens with zero attached hydrogens (tertiary/aromatic N) is 2. The molecule has 0 unspecified atom stereocenters. The van der Waals surface area contributed by atoms with E-state index in [1.165, 1.54) is 0 Å². The van der Waals surface area contributed by atoms with Crippen molar-refractivity contribution in [1.82, 2.24) is 15.3 Å². The van der Waals surface area contributed by atoms with E-state index in [9.17, 15) is 13.6 Å². The zero-order chi connectivity index (χ0) is 20.4. The summed E-state index contributed by atoms with van der Waals surface area (Å²) < 4.78 is 33.0. The second kappa shape index (κ2) is 7.95. The van der Waals surface area contributed by atoms with Crippen molar-refractivity contribution in [3.05, 3.63) is 77.2 Å². The summed E-state index contributed by atoms with van der Waals surface area (Å²) in [5.41, 5.74) is 3.74. The number of fused-ring (bicyclic) bond motifs is 1. The fourth-order valence-electron chi connectivity index (χ4n) is 3.48. The summed E-state index contributed by atoms with van der Waals surface area (Å²) in [7, 11) is 0. The van der Waals surface area contributed by atoms with Crippen LogP contribution in [-0.2, 0) is 17.6 Å². The molecule has 2 heterocycles. The quantitative estimate of drug-likeness (QED) is 0.719. The Morgan fingerprint density at radius 3 is 2.90 bits per heavy atom. The van der Waals surface area contributed by atoms with E-state index in [4.69, 9.17) is 4.74 Å². The number of aromatic nitrogens is 2. The lowest BCUT2D eigenvalue weighted by atomic mass is 10.0. The highest BCUT2D eigenvalue weighted by Crippen LogP contribution is 2.38. The minimum atomic E-state index is -0.602. The number of benzene rings is 2.